The molecule has 0 radical (unpaired) electrons. The maximum Gasteiger partial charge on any atom is 0.276 e. The van der Waals surface area contributed by atoms with Gasteiger partial charge >= 0.3 is 0 Å². The molecule has 1 atom stereocenters. The van der Waals surface area contributed by atoms with E-state index in [9.17, 15) is 9.59 Å². The van der Waals surface area contributed by atoms with Gasteiger partial charge in [0.1, 0.15) is 11.9 Å². The van der Waals surface area contributed by atoms with Crippen molar-refractivity contribution in [1.82, 2.24) is 10.4 Å². The highest BCUT2D eigenvalue weighted by Crippen LogP contribution is 2.37. The zero-order chi connectivity index (χ0) is 25.1. The van der Waals surface area contributed by atoms with Crippen molar-refractivity contribution in [2.24, 2.45) is 0 Å². The molecule has 0 aliphatic carbocycles. The number of rotatable bonds is 7. The quantitative estimate of drug-likeness (QED) is 0.460. The normalized spacial score (nSPS) is 14.6. The Hall–Kier alpha value is -3.62. The van der Waals surface area contributed by atoms with Crippen LogP contribution in [0.5, 0.6) is 17.2 Å². The standard InChI is InChI=1S/C25H23Cl2N3O5/c1-14-10-16(26)6-9-20(14)35-13-23(31)29-30-24(15-4-8-21(33-2)22(11-15)34-3)28-19-7-5-17(27)12-18(19)25(30)32/h4-12,24,28H,13H2,1-3H3,(H,29,31). The Morgan fingerprint density at radius 3 is 2.37 bits per heavy atom. The minimum atomic E-state index is -0.739. The minimum Gasteiger partial charge on any atom is -0.493 e. The highest BCUT2D eigenvalue weighted by atomic mass is 35.5. The number of hydrogen-bond donors (Lipinski definition) is 2. The van der Waals surface area contributed by atoms with Crippen LogP contribution in [-0.2, 0) is 4.79 Å². The Kier molecular flexibility index (Phi) is 7.23. The molecule has 1 heterocycles. The molecule has 0 saturated heterocycles. The molecule has 8 nitrogen and oxygen atoms in total. The van der Waals surface area contributed by atoms with E-state index in [2.05, 4.69) is 10.7 Å². The summed E-state index contributed by atoms with van der Waals surface area (Å²) in [5.74, 6) is 0.575. The number of amides is 2. The maximum absolute atomic E-state index is 13.4. The fourth-order valence-electron chi connectivity index (χ4n) is 3.73. The molecule has 1 aliphatic heterocycles. The first-order valence-electron chi connectivity index (χ1n) is 10.6. The number of fused-ring (bicyclic) bond motifs is 1. The molecule has 0 spiro atoms. The number of nitrogens with one attached hydrogen (secondary N) is 2. The van der Waals surface area contributed by atoms with Gasteiger partial charge in [0.05, 0.1) is 19.8 Å². The van der Waals surface area contributed by atoms with Crippen LogP contribution in [0, 0.1) is 6.92 Å². The number of carbonyl (C=O) groups excluding carboxylic acids is 2. The summed E-state index contributed by atoms with van der Waals surface area (Å²) in [7, 11) is 3.06. The SMILES string of the molecule is COc1ccc(C2Nc3ccc(Cl)cc3C(=O)N2NC(=O)COc2ccc(Cl)cc2C)cc1OC. The van der Waals surface area contributed by atoms with Gasteiger partial charge in [-0.1, -0.05) is 29.3 Å². The van der Waals surface area contributed by atoms with E-state index in [1.54, 1.807) is 54.6 Å². The van der Waals surface area contributed by atoms with Gasteiger partial charge in [0.25, 0.3) is 11.8 Å². The second kappa shape index (κ2) is 10.3. The maximum atomic E-state index is 13.4. The second-order valence-electron chi connectivity index (χ2n) is 7.76. The van der Waals surface area contributed by atoms with E-state index in [4.69, 9.17) is 37.4 Å². The van der Waals surface area contributed by atoms with Crippen LogP contribution in [0.25, 0.3) is 0 Å². The van der Waals surface area contributed by atoms with Crippen LogP contribution in [0.2, 0.25) is 10.0 Å². The summed E-state index contributed by atoms with van der Waals surface area (Å²) in [6.07, 6.45) is -0.739. The summed E-state index contributed by atoms with van der Waals surface area (Å²) in [6.45, 7) is 1.51. The van der Waals surface area contributed by atoms with Gasteiger partial charge in [-0.3, -0.25) is 15.0 Å². The Bertz CT molecular complexity index is 1280. The Morgan fingerprint density at radius 1 is 0.971 bits per heavy atom. The van der Waals surface area contributed by atoms with Crippen molar-refractivity contribution in [3.63, 3.8) is 0 Å². The summed E-state index contributed by atoms with van der Waals surface area (Å²) < 4.78 is 16.4. The topological polar surface area (TPSA) is 89.1 Å². The summed E-state index contributed by atoms with van der Waals surface area (Å²) >= 11 is 12.1. The molecule has 10 heteroatoms. The molecular weight excluding hydrogens is 493 g/mol. The number of carbonyl (C=O) groups is 2. The van der Waals surface area contributed by atoms with Crippen LogP contribution >= 0.6 is 23.2 Å². The zero-order valence-electron chi connectivity index (χ0n) is 19.2. The van der Waals surface area contributed by atoms with Gasteiger partial charge in [0.2, 0.25) is 0 Å². The molecule has 182 valence electrons. The Balaban J connectivity index is 1.62. The molecular formula is C25H23Cl2N3O5. The highest BCUT2D eigenvalue weighted by Gasteiger charge is 2.35. The number of anilines is 1. The van der Waals surface area contributed by atoms with Crippen molar-refractivity contribution in [3.8, 4) is 17.2 Å². The van der Waals surface area contributed by atoms with Crippen LogP contribution in [0.4, 0.5) is 5.69 Å². The van der Waals surface area contributed by atoms with Crippen molar-refractivity contribution in [2.75, 3.05) is 26.1 Å². The molecule has 2 amide bonds. The highest BCUT2D eigenvalue weighted by molar-refractivity contribution is 6.31. The van der Waals surface area contributed by atoms with Gasteiger partial charge in [0, 0.05) is 21.3 Å². The summed E-state index contributed by atoms with van der Waals surface area (Å²) in [4.78, 5) is 26.3. The minimum absolute atomic E-state index is 0.312. The van der Waals surface area contributed by atoms with Crippen molar-refractivity contribution in [3.05, 3.63) is 81.3 Å². The third-order valence-corrected chi connectivity index (χ3v) is 5.92. The number of hydrazine groups is 1. The van der Waals surface area contributed by atoms with E-state index in [1.165, 1.54) is 19.2 Å². The molecule has 1 unspecified atom stereocenters. The second-order valence-corrected chi connectivity index (χ2v) is 8.63. The first-order chi connectivity index (χ1) is 16.8. The first-order valence-corrected chi connectivity index (χ1v) is 11.4. The van der Waals surface area contributed by atoms with Gasteiger partial charge in [-0.15, -0.1) is 0 Å². The van der Waals surface area contributed by atoms with Crippen molar-refractivity contribution < 1.29 is 23.8 Å². The Morgan fingerprint density at radius 2 is 1.66 bits per heavy atom. The molecule has 0 bridgehead atoms. The fraction of sp³-hybridized carbons (Fsp3) is 0.200. The lowest BCUT2D eigenvalue weighted by Crippen LogP contribution is -2.53. The van der Waals surface area contributed by atoms with Crippen molar-refractivity contribution in [1.29, 1.82) is 0 Å². The summed E-state index contributed by atoms with van der Waals surface area (Å²) in [5, 5.41) is 5.46. The smallest absolute Gasteiger partial charge is 0.276 e. The number of benzene rings is 3. The van der Waals surface area contributed by atoms with Gasteiger partial charge in [0.15, 0.2) is 18.1 Å². The number of methoxy groups -OCH3 is 2. The van der Waals surface area contributed by atoms with E-state index < -0.39 is 18.0 Å². The molecule has 2 N–H and O–H groups in total. The third-order valence-electron chi connectivity index (χ3n) is 5.45. The number of aryl methyl sites for hydroxylation is 1. The van der Waals surface area contributed by atoms with Crippen LogP contribution in [0.15, 0.2) is 54.6 Å². The monoisotopic (exact) mass is 515 g/mol. The average molecular weight is 516 g/mol. The van der Waals surface area contributed by atoms with E-state index in [1.807, 2.05) is 6.92 Å². The number of halogens is 2. The predicted octanol–water partition coefficient (Wildman–Crippen LogP) is 5.00. The Labute approximate surface area is 212 Å². The first kappa shape index (κ1) is 24.5. The third kappa shape index (κ3) is 5.23. The fourth-order valence-corrected chi connectivity index (χ4v) is 4.13. The van der Waals surface area contributed by atoms with Crippen LogP contribution in [0.1, 0.15) is 27.7 Å². The van der Waals surface area contributed by atoms with Gasteiger partial charge in [-0.2, -0.15) is 0 Å². The lowest BCUT2D eigenvalue weighted by Gasteiger charge is -2.38. The van der Waals surface area contributed by atoms with E-state index in [0.29, 0.717) is 44.1 Å². The van der Waals surface area contributed by atoms with Crippen molar-refractivity contribution >= 4 is 40.7 Å². The molecule has 0 saturated carbocycles. The lowest BCUT2D eigenvalue weighted by atomic mass is 10.0. The van der Waals surface area contributed by atoms with Gasteiger partial charge in [-0.05, 0) is 61.0 Å². The molecule has 4 rings (SSSR count). The molecule has 0 aromatic heterocycles. The molecule has 1 aliphatic rings. The van der Waals surface area contributed by atoms with Gasteiger partial charge in [-0.25, -0.2) is 5.01 Å². The van der Waals surface area contributed by atoms with Gasteiger partial charge < -0.3 is 19.5 Å². The lowest BCUT2D eigenvalue weighted by molar-refractivity contribution is -0.127. The summed E-state index contributed by atoms with van der Waals surface area (Å²) in [5.41, 5.74) is 5.01. The summed E-state index contributed by atoms with van der Waals surface area (Å²) in [6, 6.07) is 15.3. The van der Waals surface area contributed by atoms with E-state index >= 15 is 0 Å². The van der Waals surface area contributed by atoms with Crippen LogP contribution in [0.3, 0.4) is 0 Å². The number of nitrogens with zero attached hydrogens (tertiary/aromatic N) is 1. The van der Waals surface area contributed by atoms with Crippen LogP contribution < -0.4 is 25.0 Å². The average Bonchev–Trinajstić information content (AvgIpc) is 2.85. The predicted molar refractivity (Wildman–Crippen MR) is 133 cm³/mol. The van der Waals surface area contributed by atoms with Crippen LogP contribution in [-0.4, -0.2) is 37.6 Å². The zero-order valence-corrected chi connectivity index (χ0v) is 20.7. The number of hydrogen-bond acceptors (Lipinski definition) is 6. The molecule has 3 aromatic carbocycles. The molecule has 0 fully saturated rings. The van der Waals surface area contributed by atoms with E-state index in [0.717, 1.165) is 5.56 Å². The number of ether oxygens (including phenoxy) is 3. The van der Waals surface area contributed by atoms with Crippen molar-refractivity contribution in [2.45, 2.75) is 13.1 Å². The van der Waals surface area contributed by atoms with E-state index in [-0.39, 0.29) is 6.61 Å². The largest absolute Gasteiger partial charge is 0.493 e. The molecule has 3 aromatic rings. The molecule has 35 heavy (non-hydrogen) atoms.